The summed E-state index contributed by atoms with van der Waals surface area (Å²) in [7, 11) is 2.20. The number of nitrogens with one attached hydrogen (secondary N) is 1. The number of ether oxygens (including phenoxy) is 1. The highest BCUT2D eigenvalue weighted by molar-refractivity contribution is 5.26. The van der Waals surface area contributed by atoms with Crippen molar-refractivity contribution in [1.29, 1.82) is 0 Å². The molecule has 1 aliphatic heterocycles. The molecule has 4 nitrogen and oxygen atoms in total. The van der Waals surface area contributed by atoms with Crippen molar-refractivity contribution < 1.29 is 4.74 Å². The third-order valence-corrected chi connectivity index (χ3v) is 4.10. The molecule has 0 atom stereocenters. The van der Waals surface area contributed by atoms with Crippen molar-refractivity contribution in [2.24, 2.45) is 0 Å². The minimum atomic E-state index is 0.715. The van der Waals surface area contributed by atoms with Crippen molar-refractivity contribution in [3.63, 3.8) is 0 Å². The van der Waals surface area contributed by atoms with E-state index in [0.29, 0.717) is 6.61 Å². The zero-order valence-corrected chi connectivity index (χ0v) is 13.5. The quantitative estimate of drug-likeness (QED) is 0.736. The van der Waals surface area contributed by atoms with Crippen LogP contribution in [-0.4, -0.2) is 62.7 Å². The Bertz CT molecular complexity index is 403. The molecule has 1 aliphatic rings. The van der Waals surface area contributed by atoms with E-state index >= 15 is 0 Å². The minimum absolute atomic E-state index is 0.715. The normalized spacial score (nSPS) is 17.2. The molecule has 1 N–H and O–H groups in total. The lowest BCUT2D eigenvalue weighted by atomic mass is 10.1. The van der Waals surface area contributed by atoms with E-state index in [1.165, 1.54) is 37.3 Å². The van der Waals surface area contributed by atoms with Gasteiger partial charge in [-0.25, -0.2) is 0 Å². The average Bonchev–Trinajstić information content (AvgIpc) is 2.52. The lowest BCUT2D eigenvalue weighted by Crippen LogP contribution is -2.46. The third kappa shape index (κ3) is 5.75. The van der Waals surface area contributed by atoms with Crippen LogP contribution in [0.4, 0.5) is 0 Å². The molecule has 21 heavy (non-hydrogen) atoms. The standard InChI is InChI=1S/C17H29N3O/c1-3-21-15-17-7-5-4-6-16(17)14-18-8-9-20-12-10-19(2)11-13-20/h4-7,18H,3,8-15H2,1-2H3. The Balaban J connectivity index is 1.68. The van der Waals surface area contributed by atoms with Gasteiger partial charge in [0.15, 0.2) is 0 Å². The van der Waals surface area contributed by atoms with Crippen molar-refractivity contribution in [2.75, 3.05) is 52.9 Å². The molecule has 1 heterocycles. The van der Waals surface area contributed by atoms with Crippen LogP contribution >= 0.6 is 0 Å². The van der Waals surface area contributed by atoms with Crippen LogP contribution in [0.15, 0.2) is 24.3 Å². The molecule has 0 spiro atoms. The Morgan fingerprint density at radius 3 is 2.52 bits per heavy atom. The number of rotatable bonds is 8. The summed E-state index contributed by atoms with van der Waals surface area (Å²) in [5.74, 6) is 0. The molecule has 1 aromatic rings. The first-order valence-electron chi connectivity index (χ1n) is 8.05. The first-order chi connectivity index (χ1) is 10.3. The molecule has 0 bridgehead atoms. The molecule has 2 rings (SSSR count). The first-order valence-corrected chi connectivity index (χ1v) is 8.05. The number of hydrogen-bond donors (Lipinski definition) is 1. The van der Waals surface area contributed by atoms with Gasteiger partial charge in [0, 0.05) is 52.4 Å². The molecule has 0 aliphatic carbocycles. The van der Waals surface area contributed by atoms with Crippen molar-refractivity contribution in [3.8, 4) is 0 Å². The molecule has 4 heteroatoms. The molecule has 0 amide bonds. The van der Waals surface area contributed by atoms with E-state index in [1.807, 2.05) is 6.92 Å². The summed E-state index contributed by atoms with van der Waals surface area (Å²) in [5, 5.41) is 3.57. The second-order valence-electron chi connectivity index (χ2n) is 5.73. The molecule has 0 radical (unpaired) electrons. The van der Waals surface area contributed by atoms with Crippen LogP contribution in [0.3, 0.4) is 0 Å². The molecular weight excluding hydrogens is 262 g/mol. The summed E-state index contributed by atoms with van der Waals surface area (Å²) in [6, 6.07) is 8.54. The van der Waals surface area contributed by atoms with Crippen molar-refractivity contribution in [1.82, 2.24) is 15.1 Å². The highest BCUT2D eigenvalue weighted by Crippen LogP contribution is 2.10. The van der Waals surface area contributed by atoms with Gasteiger partial charge in [0.25, 0.3) is 0 Å². The van der Waals surface area contributed by atoms with E-state index in [9.17, 15) is 0 Å². The molecule has 118 valence electrons. The Labute approximate surface area is 129 Å². The fraction of sp³-hybridized carbons (Fsp3) is 0.647. The highest BCUT2D eigenvalue weighted by Gasteiger charge is 2.12. The summed E-state index contributed by atoms with van der Waals surface area (Å²) >= 11 is 0. The van der Waals surface area contributed by atoms with Crippen LogP contribution < -0.4 is 5.32 Å². The molecule has 0 aromatic heterocycles. The molecule has 1 saturated heterocycles. The number of benzene rings is 1. The van der Waals surface area contributed by atoms with Crippen LogP contribution in [0.2, 0.25) is 0 Å². The van der Waals surface area contributed by atoms with E-state index in [1.54, 1.807) is 0 Å². The van der Waals surface area contributed by atoms with E-state index in [4.69, 9.17) is 4.74 Å². The Morgan fingerprint density at radius 2 is 1.81 bits per heavy atom. The van der Waals surface area contributed by atoms with Crippen LogP contribution in [0.5, 0.6) is 0 Å². The molecule has 1 fully saturated rings. The van der Waals surface area contributed by atoms with Crippen LogP contribution in [-0.2, 0) is 17.9 Å². The van der Waals surface area contributed by atoms with Gasteiger partial charge in [-0.3, -0.25) is 4.90 Å². The molecular formula is C17H29N3O. The van der Waals surface area contributed by atoms with Crippen LogP contribution in [0.25, 0.3) is 0 Å². The lowest BCUT2D eigenvalue weighted by molar-refractivity contribution is 0.133. The van der Waals surface area contributed by atoms with Crippen LogP contribution in [0, 0.1) is 0 Å². The predicted octanol–water partition coefficient (Wildman–Crippen LogP) is 1.56. The second kappa shape index (κ2) is 9.15. The summed E-state index contributed by atoms with van der Waals surface area (Å²) in [6.45, 7) is 11.4. The second-order valence-corrected chi connectivity index (χ2v) is 5.73. The predicted molar refractivity (Wildman–Crippen MR) is 87.4 cm³/mol. The maximum absolute atomic E-state index is 5.53. The maximum Gasteiger partial charge on any atom is 0.0719 e. The van der Waals surface area contributed by atoms with Gasteiger partial charge in [-0.2, -0.15) is 0 Å². The van der Waals surface area contributed by atoms with Gasteiger partial charge >= 0.3 is 0 Å². The zero-order chi connectivity index (χ0) is 14.9. The van der Waals surface area contributed by atoms with Gasteiger partial charge in [-0.15, -0.1) is 0 Å². The third-order valence-electron chi connectivity index (χ3n) is 4.10. The number of likely N-dealkylation sites (N-methyl/N-ethyl adjacent to an activating group) is 1. The Morgan fingerprint density at radius 1 is 1.10 bits per heavy atom. The highest BCUT2D eigenvalue weighted by atomic mass is 16.5. The van der Waals surface area contributed by atoms with Gasteiger partial charge < -0.3 is 15.0 Å². The molecule has 1 aromatic carbocycles. The average molecular weight is 291 g/mol. The topological polar surface area (TPSA) is 27.7 Å². The summed E-state index contributed by atoms with van der Waals surface area (Å²) < 4.78 is 5.53. The van der Waals surface area contributed by atoms with Gasteiger partial charge in [0.1, 0.15) is 0 Å². The van der Waals surface area contributed by atoms with Crippen molar-refractivity contribution in [3.05, 3.63) is 35.4 Å². The summed E-state index contributed by atoms with van der Waals surface area (Å²) in [6.07, 6.45) is 0. The van der Waals surface area contributed by atoms with Gasteiger partial charge in [0.05, 0.1) is 6.61 Å². The van der Waals surface area contributed by atoms with Gasteiger partial charge in [-0.1, -0.05) is 24.3 Å². The summed E-state index contributed by atoms with van der Waals surface area (Å²) in [5.41, 5.74) is 2.65. The number of nitrogens with zero attached hydrogens (tertiary/aromatic N) is 2. The van der Waals surface area contributed by atoms with E-state index in [2.05, 4.69) is 46.4 Å². The SMILES string of the molecule is CCOCc1ccccc1CNCCN1CCN(C)CC1. The lowest BCUT2D eigenvalue weighted by Gasteiger charge is -2.32. The monoisotopic (exact) mass is 291 g/mol. The van der Waals surface area contributed by atoms with Crippen molar-refractivity contribution >= 4 is 0 Å². The smallest absolute Gasteiger partial charge is 0.0719 e. The first kappa shape index (κ1) is 16.4. The fourth-order valence-corrected chi connectivity index (χ4v) is 2.61. The summed E-state index contributed by atoms with van der Waals surface area (Å²) in [4.78, 5) is 4.94. The van der Waals surface area contributed by atoms with Crippen molar-refractivity contribution in [2.45, 2.75) is 20.1 Å². The fourth-order valence-electron chi connectivity index (χ4n) is 2.61. The van der Waals surface area contributed by atoms with E-state index in [-0.39, 0.29) is 0 Å². The number of hydrogen-bond acceptors (Lipinski definition) is 4. The zero-order valence-electron chi connectivity index (χ0n) is 13.5. The van der Waals surface area contributed by atoms with E-state index in [0.717, 1.165) is 26.2 Å². The Hall–Kier alpha value is -0.940. The maximum atomic E-state index is 5.53. The molecule has 0 unspecified atom stereocenters. The number of piperazine rings is 1. The van der Waals surface area contributed by atoms with Gasteiger partial charge in [0.2, 0.25) is 0 Å². The van der Waals surface area contributed by atoms with E-state index < -0.39 is 0 Å². The van der Waals surface area contributed by atoms with Crippen LogP contribution in [0.1, 0.15) is 18.1 Å². The van der Waals surface area contributed by atoms with Gasteiger partial charge in [-0.05, 0) is 25.1 Å². The largest absolute Gasteiger partial charge is 0.377 e. The minimum Gasteiger partial charge on any atom is -0.377 e. The molecule has 0 saturated carbocycles. The Kier molecular flexibility index (Phi) is 7.16.